The van der Waals surface area contributed by atoms with E-state index >= 15 is 0 Å². The summed E-state index contributed by atoms with van der Waals surface area (Å²) in [4.78, 5) is 10.4. The van der Waals surface area contributed by atoms with Gasteiger partial charge in [0, 0.05) is 5.56 Å². The Labute approximate surface area is 92.0 Å². The Balaban J connectivity index is 2.95. The molecular formula is C11H13FO4. The van der Waals surface area contributed by atoms with Gasteiger partial charge in [0.1, 0.15) is 11.9 Å². The number of hydrogen-bond donors (Lipinski definition) is 3. The van der Waals surface area contributed by atoms with Gasteiger partial charge >= 0.3 is 5.97 Å². The summed E-state index contributed by atoms with van der Waals surface area (Å²) in [6, 6.07) is 4.21. The molecule has 2 atom stereocenters. The normalized spacial score (nSPS) is 14.5. The minimum absolute atomic E-state index is 0.0590. The van der Waals surface area contributed by atoms with Gasteiger partial charge in [0.25, 0.3) is 0 Å². The second-order valence-electron chi connectivity index (χ2n) is 3.58. The summed E-state index contributed by atoms with van der Waals surface area (Å²) in [5, 5.41) is 27.5. The molecule has 0 saturated heterocycles. The monoisotopic (exact) mass is 228 g/mol. The first-order valence-electron chi connectivity index (χ1n) is 4.76. The Hall–Kier alpha value is -1.46. The Kier molecular flexibility index (Phi) is 3.98. The molecule has 0 aliphatic rings. The molecule has 1 aromatic rings. The molecule has 0 amide bonds. The van der Waals surface area contributed by atoms with Crippen molar-refractivity contribution in [1.29, 1.82) is 0 Å². The molecule has 0 spiro atoms. The fourth-order valence-electron chi connectivity index (χ4n) is 1.50. The van der Waals surface area contributed by atoms with E-state index in [0.29, 0.717) is 5.56 Å². The van der Waals surface area contributed by atoms with Gasteiger partial charge in [0.15, 0.2) is 0 Å². The second-order valence-corrected chi connectivity index (χ2v) is 3.58. The molecule has 0 bridgehead atoms. The van der Waals surface area contributed by atoms with E-state index in [1.807, 2.05) is 0 Å². The molecule has 3 N–H and O–H groups in total. The third-order valence-electron chi connectivity index (χ3n) is 2.31. The first-order valence-corrected chi connectivity index (χ1v) is 4.76. The number of aliphatic carboxylic acids is 1. The van der Waals surface area contributed by atoms with E-state index in [1.54, 1.807) is 13.0 Å². The smallest absolute Gasteiger partial charge is 0.306 e. The van der Waals surface area contributed by atoms with Crippen LogP contribution in [0.5, 0.6) is 0 Å². The van der Waals surface area contributed by atoms with Crippen LogP contribution in [0.1, 0.15) is 23.7 Å². The van der Waals surface area contributed by atoms with Gasteiger partial charge in [0.05, 0.1) is 12.5 Å². The van der Waals surface area contributed by atoms with Crippen molar-refractivity contribution in [2.24, 2.45) is 0 Å². The van der Waals surface area contributed by atoms with Crippen molar-refractivity contribution in [2.75, 3.05) is 0 Å². The van der Waals surface area contributed by atoms with Crippen LogP contribution >= 0.6 is 0 Å². The number of aliphatic hydroxyl groups excluding tert-OH is 2. The quantitative estimate of drug-likeness (QED) is 0.718. The molecule has 0 heterocycles. The Morgan fingerprint density at radius 3 is 2.56 bits per heavy atom. The van der Waals surface area contributed by atoms with Gasteiger partial charge in [-0.1, -0.05) is 12.1 Å². The van der Waals surface area contributed by atoms with Crippen molar-refractivity contribution in [1.82, 2.24) is 0 Å². The molecule has 0 fully saturated rings. The van der Waals surface area contributed by atoms with Crippen LogP contribution in [0, 0.1) is 12.7 Å². The molecule has 1 aromatic carbocycles. The van der Waals surface area contributed by atoms with Crippen molar-refractivity contribution >= 4 is 5.97 Å². The van der Waals surface area contributed by atoms with E-state index in [9.17, 15) is 19.4 Å². The lowest BCUT2D eigenvalue weighted by molar-refractivity contribution is -0.141. The van der Waals surface area contributed by atoms with Crippen LogP contribution in [0.2, 0.25) is 0 Å². The largest absolute Gasteiger partial charge is 0.481 e. The van der Waals surface area contributed by atoms with Crippen LogP contribution in [-0.4, -0.2) is 27.4 Å². The zero-order valence-corrected chi connectivity index (χ0v) is 8.72. The van der Waals surface area contributed by atoms with Gasteiger partial charge in [-0.05, 0) is 18.6 Å². The minimum Gasteiger partial charge on any atom is -0.481 e. The highest BCUT2D eigenvalue weighted by Crippen LogP contribution is 2.25. The Bertz CT molecular complexity index is 371. The SMILES string of the molecule is Cc1cccc(F)c1C(O)C(O)CC(=O)O. The summed E-state index contributed by atoms with van der Waals surface area (Å²) in [7, 11) is 0. The minimum atomic E-state index is -1.53. The highest BCUT2D eigenvalue weighted by Gasteiger charge is 2.24. The van der Waals surface area contributed by atoms with Crippen LogP contribution < -0.4 is 0 Å². The molecule has 0 aliphatic carbocycles. The first kappa shape index (κ1) is 12.6. The second kappa shape index (κ2) is 5.05. The molecule has 0 aromatic heterocycles. The molecule has 1 rings (SSSR count). The summed E-state index contributed by atoms with van der Waals surface area (Å²) in [6.07, 6.45) is -3.68. The number of hydrogen-bond acceptors (Lipinski definition) is 3. The topological polar surface area (TPSA) is 77.8 Å². The van der Waals surface area contributed by atoms with Gasteiger partial charge in [-0.2, -0.15) is 0 Å². The van der Waals surface area contributed by atoms with Gasteiger partial charge < -0.3 is 15.3 Å². The van der Waals surface area contributed by atoms with E-state index in [-0.39, 0.29) is 5.56 Å². The maximum atomic E-state index is 13.4. The number of aryl methyl sites for hydroxylation is 1. The molecule has 0 aliphatic heterocycles. The van der Waals surface area contributed by atoms with Crippen molar-refractivity contribution < 1.29 is 24.5 Å². The van der Waals surface area contributed by atoms with Crippen LogP contribution in [0.25, 0.3) is 0 Å². The first-order chi connectivity index (χ1) is 7.43. The van der Waals surface area contributed by atoms with Gasteiger partial charge in [-0.3, -0.25) is 4.79 Å². The third kappa shape index (κ3) is 2.77. The van der Waals surface area contributed by atoms with Crippen molar-refractivity contribution in [3.05, 3.63) is 35.1 Å². The number of carboxylic acid groups (broad SMARTS) is 1. The van der Waals surface area contributed by atoms with Crippen molar-refractivity contribution in [3.8, 4) is 0 Å². The fraction of sp³-hybridized carbons (Fsp3) is 0.364. The van der Waals surface area contributed by atoms with E-state index in [2.05, 4.69) is 0 Å². The van der Waals surface area contributed by atoms with Gasteiger partial charge in [-0.25, -0.2) is 4.39 Å². The Morgan fingerprint density at radius 2 is 2.06 bits per heavy atom. The number of carbonyl (C=O) groups is 1. The third-order valence-corrected chi connectivity index (χ3v) is 2.31. The predicted octanol–water partition coefficient (Wildman–Crippen LogP) is 1.00. The summed E-state index contributed by atoms with van der Waals surface area (Å²) >= 11 is 0. The zero-order valence-electron chi connectivity index (χ0n) is 8.72. The van der Waals surface area contributed by atoms with Crippen molar-refractivity contribution in [3.63, 3.8) is 0 Å². The maximum absolute atomic E-state index is 13.4. The van der Waals surface area contributed by atoms with Crippen molar-refractivity contribution in [2.45, 2.75) is 25.6 Å². The average molecular weight is 228 g/mol. The number of carboxylic acids is 1. The van der Waals surface area contributed by atoms with Gasteiger partial charge in [-0.15, -0.1) is 0 Å². The van der Waals surface area contributed by atoms with Gasteiger partial charge in [0.2, 0.25) is 0 Å². The van der Waals surface area contributed by atoms with Crippen LogP contribution in [-0.2, 0) is 4.79 Å². The molecule has 4 nitrogen and oxygen atoms in total. The van der Waals surface area contributed by atoms with E-state index in [4.69, 9.17) is 5.11 Å². The summed E-state index contributed by atoms with van der Waals surface area (Å²) < 4.78 is 13.4. The average Bonchev–Trinajstić information content (AvgIpc) is 2.16. The maximum Gasteiger partial charge on any atom is 0.306 e. The highest BCUT2D eigenvalue weighted by atomic mass is 19.1. The van der Waals surface area contributed by atoms with E-state index in [1.165, 1.54) is 6.07 Å². The lowest BCUT2D eigenvalue weighted by atomic mass is 9.97. The van der Waals surface area contributed by atoms with E-state index < -0.39 is 30.4 Å². The number of rotatable bonds is 4. The summed E-state index contributed by atoms with van der Waals surface area (Å²) in [6.45, 7) is 1.58. The number of benzene rings is 1. The van der Waals surface area contributed by atoms with Crippen LogP contribution in [0.4, 0.5) is 4.39 Å². The number of halogens is 1. The molecular weight excluding hydrogens is 215 g/mol. The Morgan fingerprint density at radius 1 is 1.44 bits per heavy atom. The molecule has 16 heavy (non-hydrogen) atoms. The molecule has 88 valence electrons. The number of aliphatic hydroxyl groups is 2. The molecule has 0 saturated carbocycles. The van der Waals surface area contributed by atoms with Crippen LogP contribution in [0.3, 0.4) is 0 Å². The lowest BCUT2D eigenvalue weighted by Crippen LogP contribution is -2.23. The molecule has 5 heteroatoms. The fourth-order valence-corrected chi connectivity index (χ4v) is 1.50. The zero-order chi connectivity index (χ0) is 12.3. The van der Waals surface area contributed by atoms with E-state index in [0.717, 1.165) is 6.07 Å². The molecule has 0 radical (unpaired) electrons. The lowest BCUT2D eigenvalue weighted by Gasteiger charge is -2.18. The summed E-state index contributed by atoms with van der Waals surface area (Å²) in [5.41, 5.74) is 0.410. The highest BCUT2D eigenvalue weighted by molar-refractivity contribution is 5.67. The predicted molar refractivity (Wildman–Crippen MR) is 54.4 cm³/mol. The standard InChI is InChI=1S/C11H13FO4/c1-6-3-2-4-7(12)10(6)11(16)8(13)5-9(14)15/h2-4,8,11,13,16H,5H2,1H3,(H,14,15). The van der Waals surface area contributed by atoms with Crippen LogP contribution in [0.15, 0.2) is 18.2 Å². The summed E-state index contributed by atoms with van der Waals surface area (Å²) in [5.74, 6) is -1.91. The molecule has 2 unspecified atom stereocenters.